The van der Waals surface area contributed by atoms with E-state index in [1.54, 1.807) is 10.7 Å². The zero-order chi connectivity index (χ0) is 25.3. The van der Waals surface area contributed by atoms with E-state index in [9.17, 15) is 4.79 Å². The van der Waals surface area contributed by atoms with Crippen molar-refractivity contribution in [1.82, 2.24) is 14.7 Å². The van der Waals surface area contributed by atoms with Crippen LogP contribution in [0, 0.1) is 6.92 Å². The summed E-state index contributed by atoms with van der Waals surface area (Å²) in [5.41, 5.74) is 12.6. The molecule has 6 heteroatoms. The predicted molar refractivity (Wildman–Crippen MR) is 143 cm³/mol. The van der Waals surface area contributed by atoms with Crippen molar-refractivity contribution in [1.29, 1.82) is 0 Å². The summed E-state index contributed by atoms with van der Waals surface area (Å²) in [6.07, 6.45) is 5.94. The van der Waals surface area contributed by atoms with Crippen LogP contribution in [0.5, 0.6) is 0 Å². The third kappa shape index (κ3) is 4.88. The Morgan fingerprint density at radius 2 is 1.67 bits per heavy atom. The molecular formula is C30H36N4O2. The molecule has 2 aliphatic rings. The summed E-state index contributed by atoms with van der Waals surface area (Å²) in [7, 11) is 0. The Morgan fingerprint density at radius 3 is 2.22 bits per heavy atom. The van der Waals surface area contributed by atoms with Crippen molar-refractivity contribution in [2.45, 2.75) is 51.5 Å². The lowest BCUT2D eigenvalue weighted by Gasteiger charge is -2.36. The van der Waals surface area contributed by atoms with Gasteiger partial charge in [-0.25, -0.2) is 4.68 Å². The van der Waals surface area contributed by atoms with E-state index in [-0.39, 0.29) is 11.1 Å². The molecule has 36 heavy (non-hydrogen) atoms. The number of amides is 1. The number of rotatable bonds is 6. The second kappa shape index (κ2) is 10.0. The van der Waals surface area contributed by atoms with E-state index in [1.807, 2.05) is 19.1 Å². The summed E-state index contributed by atoms with van der Waals surface area (Å²) in [5.74, 6) is -0.515. The largest absolute Gasteiger partial charge is 0.379 e. The van der Waals surface area contributed by atoms with Crippen molar-refractivity contribution < 1.29 is 9.53 Å². The Kier molecular flexibility index (Phi) is 6.82. The molecule has 1 atom stereocenters. The zero-order valence-corrected chi connectivity index (χ0v) is 21.5. The third-order valence-corrected chi connectivity index (χ3v) is 7.90. The minimum atomic E-state index is -0.515. The molecule has 0 saturated carbocycles. The van der Waals surface area contributed by atoms with Gasteiger partial charge in [0, 0.05) is 30.2 Å². The summed E-state index contributed by atoms with van der Waals surface area (Å²) in [6, 6.07) is 19.9. The van der Waals surface area contributed by atoms with Crippen LogP contribution in [-0.2, 0) is 10.2 Å². The number of aryl methyl sites for hydroxylation is 1. The molecule has 188 valence electrons. The number of allylic oxidation sites excluding steroid dienone is 1. The molecule has 1 aromatic heterocycles. The first-order valence-electron chi connectivity index (χ1n) is 12.9. The number of hydrogen-bond donors (Lipinski definition) is 1. The summed E-state index contributed by atoms with van der Waals surface area (Å²) in [6.45, 7) is 10.3. The average Bonchev–Trinajstić information content (AvgIpc) is 3.31. The fourth-order valence-electron chi connectivity index (χ4n) is 5.50. The van der Waals surface area contributed by atoms with E-state index < -0.39 is 5.91 Å². The summed E-state index contributed by atoms with van der Waals surface area (Å²) >= 11 is 0. The van der Waals surface area contributed by atoms with Gasteiger partial charge in [0.1, 0.15) is 0 Å². The van der Waals surface area contributed by atoms with Crippen LogP contribution in [0.1, 0.15) is 66.0 Å². The van der Waals surface area contributed by atoms with E-state index in [0.29, 0.717) is 6.04 Å². The molecule has 2 heterocycles. The summed E-state index contributed by atoms with van der Waals surface area (Å²) in [4.78, 5) is 14.1. The number of carbonyl (C=O) groups is 1. The SMILES string of the molecule is Cc1cc(C(N)=O)nn1-c1ccc(C(C)(C)c2ccc(C3=CC[C@H](N4CCOCC4)CC3)cc2)cc1. The highest BCUT2D eigenvalue weighted by Crippen LogP contribution is 2.35. The van der Waals surface area contributed by atoms with Gasteiger partial charge in [0.05, 0.1) is 18.9 Å². The smallest absolute Gasteiger partial charge is 0.269 e. The second-order valence-corrected chi connectivity index (χ2v) is 10.5. The van der Waals surface area contributed by atoms with E-state index >= 15 is 0 Å². The molecule has 6 nitrogen and oxygen atoms in total. The van der Waals surface area contributed by atoms with Crippen molar-refractivity contribution in [3.63, 3.8) is 0 Å². The lowest BCUT2D eigenvalue weighted by Crippen LogP contribution is -2.43. The maximum absolute atomic E-state index is 11.5. The van der Waals surface area contributed by atoms with Crippen LogP contribution in [0.3, 0.4) is 0 Å². The molecule has 1 fully saturated rings. The van der Waals surface area contributed by atoms with E-state index in [2.05, 4.69) is 66.3 Å². The maximum Gasteiger partial charge on any atom is 0.269 e. The number of nitrogens with two attached hydrogens (primary N) is 1. The molecule has 0 spiro atoms. The van der Waals surface area contributed by atoms with Gasteiger partial charge in [-0.05, 0) is 66.6 Å². The molecule has 1 saturated heterocycles. The monoisotopic (exact) mass is 484 g/mol. The van der Waals surface area contributed by atoms with Crippen LogP contribution in [0.2, 0.25) is 0 Å². The fraction of sp³-hybridized carbons (Fsp3) is 0.400. The Bertz CT molecular complexity index is 1250. The van der Waals surface area contributed by atoms with Crippen molar-refractivity contribution in [2.75, 3.05) is 26.3 Å². The quantitative estimate of drug-likeness (QED) is 0.542. The Labute approximate surface area is 213 Å². The first kappa shape index (κ1) is 24.5. The topological polar surface area (TPSA) is 73.4 Å². The van der Waals surface area contributed by atoms with Crippen LogP contribution in [0.4, 0.5) is 0 Å². The highest BCUT2D eigenvalue weighted by Gasteiger charge is 2.25. The van der Waals surface area contributed by atoms with Crippen LogP contribution in [-0.4, -0.2) is 52.9 Å². The van der Waals surface area contributed by atoms with Crippen molar-refractivity contribution >= 4 is 11.5 Å². The lowest BCUT2D eigenvalue weighted by atomic mass is 9.77. The van der Waals surface area contributed by atoms with Gasteiger partial charge < -0.3 is 10.5 Å². The van der Waals surface area contributed by atoms with E-state index in [4.69, 9.17) is 10.5 Å². The van der Waals surface area contributed by atoms with E-state index in [1.165, 1.54) is 28.7 Å². The molecule has 1 aliphatic carbocycles. The van der Waals surface area contributed by atoms with Crippen molar-refractivity contribution in [3.8, 4) is 5.69 Å². The number of hydrogen-bond acceptors (Lipinski definition) is 4. The fourth-order valence-corrected chi connectivity index (χ4v) is 5.50. The van der Waals surface area contributed by atoms with Gasteiger partial charge in [0.15, 0.2) is 5.69 Å². The van der Waals surface area contributed by atoms with Crippen LogP contribution < -0.4 is 5.73 Å². The highest BCUT2D eigenvalue weighted by atomic mass is 16.5. The van der Waals surface area contributed by atoms with E-state index in [0.717, 1.165) is 50.5 Å². The molecule has 1 aliphatic heterocycles. The second-order valence-electron chi connectivity index (χ2n) is 10.5. The summed E-state index contributed by atoms with van der Waals surface area (Å²) < 4.78 is 7.27. The van der Waals surface area contributed by atoms with Crippen LogP contribution >= 0.6 is 0 Å². The number of ether oxygens (including phenoxy) is 1. The van der Waals surface area contributed by atoms with Gasteiger partial charge in [-0.2, -0.15) is 5.10 Å². The molecule has 2 N–H and O–H groups in total. The summed E-state index contributed by atoms with van der Waals surface area (Å²) in [5, 5.41) is 4.34. The molecule has 5 rings (SSSR count). The van der Waals surface area contributed by atoms with Crippen molar-refractivity contribution in [2.24, 2.45) is 5.73 Å². The number of primary amides is 1. The number of carbonyl (C=O) groups excluding carboxylic acids is 1. The average molecular weight is 485 g/mol. The Morgan fingerprint density at radius 1 is 1.03 bits per heavy atom. The Hall–Kier alpha value is -3.22. The standard InChI is InChI=1S/C30H36N4O2/c1-21-20-28(29(31)35)32-34(21)27-14-10-25(11-15-27)30(2,3)24-8-4-22(5-9-24)23-6-12-26(13-7-23)33-16-18-36-19-17-33/h4-6,8-11,14-15,20,26H,7,12-13,16-19H2,1-3H3,(H2,31,35)/t26-/m0/s1. The van der Waals surface area contributed by atoms with Gasteiger partial charge in [-0.1, -0.05) is 56.3 Å². The minimum Gasteiger partial charge on any atom is -0.379 e. The normalized spacial score (nSPS) is 19.2. The third-order valence-electron chi connectivity index (χ3n) is 7.90. The zero-order valence-electron chi connectivity index (χ0n) is 21.5. The van der Waals surface area contributed by atoms with Crippen LogP contribution in [0.25, 0.3) is 11.3 Å². The predicted octanol–water partition coefficient (Wildman–Crippen LogP) is 4.87. The minimum absolute atomic E-state index is 0.142. The van der Waals surface area contributed by atoms with Gasteiger partial charge in [-0.3, -0.25) is 9.69 Å². The molecule has 2 aromatic carbocycles. The number of benzene rings is 2. The molecular weight excluding hydrogens is 448 g/mol. The number of morpholine rings is 1. The lowest BCUT2D eigenvalue weighted by molar-refractivity contribution is 0.0150. The molecule has 0 bridgehead atoms. The number of nitrogens with zero attached hydrogens (tertiary/aromatic N) is 3. The highest BCUT2D eigenvalue weighted by molar-refractivity contribution is 5.90. The van der Waals surface area contributed by atoms with Gasteiger partial charge in [0.2, 0.25) is 0 Å². The Balaban J connectivity index is 1.29. The van der Waals surface area contributed by atoms with Crippen LogP contribution in [0.15, 0.2) is 60.7 Å². The molecule has 0 unspecified atom stereocenters. The first-order chi connectivity index (χ1) is 17.3. The molecule has 3 aromatic rings. The molecule has 1 amide bonds. The van der Waals surface area contributed by atoms with Gasteiger partial charge in [-0.15, -0.1) is 0 Å². The molecule has 0 radical (unpaired) electrons. The first-order valence-corrected chi connectivity index (χ1v) is 12.9. The van der Waals surface area contributed by atoms with Gasteiger partial charge >= 0.3 is 0 Å². The number of aromatic nitrogens is 2. The van der Waals surface area contributed by atoms with Crippen molar-refractivity contribution in [3.05, 3.63) is 88.8 Å². The van der Waals surface area contributed by atoms with Gasteiger partial charge in [0.25, 0.3) is 5.91 Å². The maximum atomic E-state index is 11.5.